The van der Waals surface area contributed by atoms with Gasteiger partial charge >= 0.3 is 0 Å². The number of carbonyl (C=O) groups is 2. The highest BCUT2D eigenvalue weighted by molar-refractivity contribution is 6.00. The van der Waals surface area contributed by atoms with E-state index >= 15 is 0 Å². The molecule has 1 aliphatic heterocycles. The zero-order valence-electron chi connectivity index (χ0n) is 12.0. The van der Waals surface area contributed by atoms with Crippen LogP contribution in [0.3, 0.4) is 0 Å². The molecule has 2 heterocycles. The molecule has 10 nitrogen and oxygen atoms in total. The van der Waals surface area contributed by atoms with Gasteiger partial charge in [-0.05, 0) is 13.0 Å². The van der Waals surface area contributed by atoms with Gasteiger partial charge in [0.25, 0.3) is 11.6 Å². The van der Waals surface area contributed by atoms with Crippen LogP contribution in [-0.2, 0) is 9.59 Å². The Labute approximate surface area is 129 Å². The van der Waals surface area contributed by atoms with E-state index in [9.17, 15) is 19.7 Å². The summed E-state index contributed by atoms with van der Waals surface area (Å²) in [7, 11) is 0. The van der Waals surface area contributed by atoms with Gasteiger partial charge in [-0.25, -0.2) is 4.68 Å². The molecule has 0 saturated heterocycles. The fraction of sp³-hybridized carbons (Fsp3) is 0.231. The van der Waals surface area contributed by atoms with Crippen LogP contribution in [0.4, 0.5) is 17.3 Å². The van der Waals surface area contributed by atoms with Crippen LogP contribution < -0.4 is 10.6 Å². The Morgan fingerprint density at radius 1 is 1.52 bits per heavy atom. The number of nitro groups is 1. The van der Waals surface area contributed by atoms with E-state index < -0.39 is 16.9 Å². The van der Waals surface area contributed by atoms with Crippen LogP contribution in [0.2, 0.25) is 0 Å². The second kappa shape index (κ2) is 5.48. The number of carbonyl (C=O) groups excluding carboxylic acids is 2. The molecule has 3 rings (SSSR count). The first kappa shape index (κ1) is 14.6. The first-order valence-corrected chi connectivity index (χ1v) is 6.72. The molecule has 0 saturated carbocycles. The molecule has 0 radical (unpaired) electrons. The Morgan fingerprint density at radius 3 is 3.04 bits per heavy atom. The van der Waals surface area contributed by atoms with Crippen molar-refractivity contribution in [2.45, 2.75) is 19.4 Å². The molecule has 1 aliphatic rings. The third kappa shape index (κ3) is 2.86. The lowest BCUT2D eigenvalue weighted by molar-refractivity contribution is -0.384. The van der Waals surface area contributed by atoms with Crippen molar-refractivity contribution in [2.24, 2.45) is 0 Å². The summed E-state index contributed by atoms with van der Waals surface area (Å²) in [6.07, 6.45) is -0.148. The standard InChI is InChI=1S/C13H12N6O4/c1-7-14-13-16-12(21)10(18(13)17-7)6-11(20)15-8-3-2-4-9(5-8)19(22)23/h2-5,10H,6H2,1H3,(H,15,20)(H,14,16,17,21)/t10-/m1/s1. The summed E-state index contributed by atoms with van der Waals surface area (Å²) in [5.74, 6) is -0.0226. The van der Waals surface area contributed by atoms with E-state index in [1.54, 1.807) is 6.92 Å². The normalized spacial score (nSPS) is 15.9. The predicted molar refractivity (Wildman–Crippen MR) is 78.8 cm³/mol. The number of anilines is 2. The highest BCUT2D eigenvalue weighted by atomic mass is 16.6. The summed E-state index contributed by atoms with van der Waals surface area (Å²) < 4.78 is 1.37. The maximum absolute atomic E-state index is 12.1. The van der Waals surface area contributed by atoms with Crippen LogP contribution in [0.1, 0.15) is 18.3 Å². The minimum absolute atomic E-state index is 0.129. The van der Waals surface area contributed by atoms with Gasteiger partial charge in [0.05, 0.1) is 11.3 Å². The molecule has 23 heavy (non-hydrogen) atoms. The van der Waals surface area contributed by atoms with Crippen molar-refractivity contribution in [3.8, 4) is 0 Å². The summed E-state index contributed by atoms with van der Waals surface area (Å²) in [6.45, 7) is 1.68. The number of non-ortho nitro benzene ring substituents is 1. The molecule has 10 heteroatoms. The van der Waals surface area contributed by atoms with Crippen molar-refractivity contribution >= 4 is 29.1 Å². The summed E-state index contributed by atoms with van der Waals surface area (Å²) in [5, 5.41) is 19.9. The molecule has 0 spiro atoms. The summed E-state index contributed by atoms with van der Waals surface area (Å²) in [4.78, 5) is 38.1. The third-order valence-electron chi connectivity index (χ3n) is 3.29. The summed E-state index contributed by atoms with van der Waals surface area (Å²) in [5.41, 5.74) is 0.160. The van der Waals surface area contributed by atoms with Gasteiger partial charge in [-0.1, -0.05) is 6.07 Å². The average molecular weight is 316 g/mol. The van der Waals surface area contributed by atoms with Gasteiger partial charge in [-0.3, -0.25) is 25.0 Å². The molecule has 1 aromatic carbocycles. The van der Waals surface area contributed by atoms with Gasteiger partial charge in [0.15, 0.2) is 0 Å². The van der Waals surface area contributed by atoms with E-state index in [0.29, 0.717) is 11.8 Å². The quantitative estimate of drug-likeness (QED) is 0.639. The molecule has 2 amide bonds. The van der Waals surface area contributed by atoms with Crippen molar-refractivity contribution in [3.05, 3.63) is 40.2 Å². The maximum Gasteiger partial charge on any atom is 0.271 e. The number of aryl methyl sites for hydroxylation is 1. The second-order valence-corrected chi connectivity index (χ2v) is 4.99. The van der Waals surface area contributed by atoms with E-state index in [2.05, 4.69) is 20.7 Å². The Kier molecular flexibility index (Phi) is 3.48. The van der Waals surface area contributed by atoms with Crippen LogP contribution in [0.15, 0.2) is 24.3 Å². The Balaban J connectivity index is 1.71. The zero-order chi connectivity index (χ0) is 16.6. The molecule has 2 N–H and O–H groups in total. The molecule has 1 atom stereocenters. The number of fused-ring (bicyclic) bond motifs is 1. The third-order valence-corrected chi connectivity index (χ3v) is 3.29. The van der Waals surface area contributed by atoms with Gasteiger partial charge in [0, 0.05) is 17.8 Å². The van der Waals surface area contributed by atoms with Crippen LogP contribution in [-0.4, -0.2) is 31.5 Å². The lowest BCUT2D eigenvalue weighted by atomic mass is 10.2. The van der Waals surface area contributed by atoms with Gasteiger partial charge in [0.1, 0.15) is 11.9 Å². The van der Waals surface area contributed by atoms with Gasteiger partial charge in [-0.2, -0.15) is 10.1 Å². The minimum Gasteiger partial charge on any atom is -0.326 e. The van der Waals surface area contributed by atoms with Crippen molar-refractivity contribution in [1.82, 2.24) is 14.8 Å². The molecule has 2 aromatic rings. The fourth-order valence-electron chi connectivity index (χ4n) is 2.30. The van der Waals surface area contributed by atoms with E-state index in [1.165, 1.54) is 28.9 Å². The van der Waals surface area contributed by atoms with E-state index in [4.69, 9.17) is 0 Å². The highest BCUT2D eigenvalue weighted by Gasteiger charge is 2.34. The molecule has 0 fully saturated rings. The Morgan fingerprint density at radius 2 is 2.30 bits per heavy atom. The number of nitro benzene ring substituents is 1. The van der Waals surface area contributed by atoms with Gasteiger partial charge in [0.2, 0.25) is 11.9 Å². The maximum atomic E-state index is 12.1. The molecule has 118 valence electrons. The number of aromatic nitrogens is 3. The van der Waals surface area contributed by atoms with Crippen LogP contribution in [0.5, 0.6) is 0 Å². The SMILES string of the molecule is Cc1nc2n(n1)[C@H](CC(=O)Nc1cccc([N+](=O)[O-])c1)C(=O)N2. The van der Waals surface area contributed by atoms with Crippen molar-refractivity contribution in [1.29, 1.82) is 0 Å². The predicted octanol–water partition coefficient (Wildman–Crippen LogP) is 1.02. The molecular weight excluding hydrogens is 304 g/mol. The largest absolute Gasteiger partial charge is 0.326 e. The van der Waals surface area contributed by atoms with Crippen LogP contribution >= 0.6 is 0 Å². The number of nitrogens with one attached hydrogen (secondary N) is 2. The average Bonchev–Trinajstić information content (AvgIpc) is 2.96. The number of rotatable bonds is 4. The smallest absolute Gasteiger partial charge is 0.271 e. The first-order chi connectivity index (χ1) is 10.9. The number of amides is 2. The number of nitrogens with zero attached hydrogens (tertiary/aromatic N) is 4. The molecule has 0 bridgehead atoms. The Hall–Kier alpha value is -3.30. The van der Waals surface area contributed by atoms with Gasteiger partial charge < -0.3 is 5.32 Å². The second-order valence-electron chi connectivity index (χ2n) is 4.99. The summed E-state index contributed by atoms with van der Waals surface area (Å²) >= 11 is 0. The fourth-order valence-corrected chi connectivity index (χ4v) is 2.30. The van der Waals surface area contributed by atoms with Crippen LogP contribution in [0, 0.1) is 17.0 Å². The van der Waals surface area contributed by atoms with E-state index in [1.807, 2.05) is 0 Å². The summed E-state index contributed by atoms with van der Waals surface area (Å²) in [6, 6.07) is 4.78. The van der Waals surface area contributed by atoms with Crippen LogP contribution in [0.25, 0.3) is 0 Å². The van der Waals surface area contributed by atoms with Crippen molar-refractivity contribution < 1.29 is 14.5 Å². The molecule has 0 aliphatic carbocycles. The first-order valence-electron chi connectivity index (χ1n) is 6.72. The lowest BCUT2D eigenvalue weighted by Crippen LogP contribution is -2.23. The lowest BCUT2D eigenvalue weighted by Gasteiger charge is -2.09. The molecule has 0 unspecified atom stereocenters. The van der Waals surface area contributed by atoms with Crippen molar-refractivity contribution in [2.75, 3.05) is 10.6 Å². The zero-order valence-corrected chi connectivity index (χ0v) is 12.0. The monoisotopic (exact) mass is 316 g/mol. The highest BCUT2D eigenvalue weighted by Crippen LogP contribution is 2.25. The van der Waals surface area contributed by atoms with E-state index in [0.717, 1.165) is 0 Å². The van der Waals surface area contributed by atoms with Crippen molar-refractivity contribution in [3.63, 3.8) is 0 Å². The topological polar surface area (TPSA) is 132 Å². The minimum atomic E-state index is -0.787. The molecule has 1 aromatic heterocycles. The number of hydrogen-bond donors (Lipinski definition) is 2. The Bertz CT molecular complexity index is 815. The molecular formula is C13H12N6O4. The van der Waals surface area contributed by atoms with Gasteiger partial charge in [-0.15, -0.1) is 0 Å². The van der Waals surface area contributed by atoms with E-state index in [-0.39, 0.29) is 23.7 Å². The number of benzene rings is 1. The number of hydrogen-bond acceptors (Lipinski definition) is 6.